The van der Waals surface area contributed by atoms with Crippen LogP contribution in [0.25, 0.3) is 11.3 Å². The number of aromatic amines is 1. The third-order valence-electron chi connectivity index (χ3n) is 4.40. The predicted octanol–water partition coefficient (Wildman–Crippen LogP) is 4.22. The van der Waals surface area contributed by atoms with Gasteiger partial charge in [-0.2, -0.15) is 5.10 Å². The standard InChI is InChI=1S/C17H11BrN2O5S/c18-15-9-3-2-8-12(13(9)19-20-15)17(26-14(8)16(21)22)25-7-1-4-10-11(5-7)24-6-23-10/h1,4-5H,2-3,6H2,(H,19,20)(H,21,22). The summed E-state index contributed by atoms with van der Waals surface area (Å²) in [6.07, 6.45) is 1.35. The van der Waals surface area contributed by atoms with Crippen molar-refractivity contribution in [2.75, 3.05) is 6.79 Å². The van der Waals surface area contributed by atoms with E-state index in [0.717, 1.165) is 44.7 Å². The molecule has 0 bridgehead atoms. The lowest BCUT2D eigenvalue weighted by Gasteiger charge is -2.14. The zero-order chi connectivity index (χ0) is 17.8. The van der Waals surface area contributed by atoms with Crippen LogP contribution in [-0.2, 0) is 12.8 Å². The Labute approximate surface area is 159 Å². The molecule has 0 spiro atoms. The highest BCUT2D eigenvalue weighted by atomic mass is 79.9. The lowest BCUT2D eigenvalue weighted by molar-refractivity contribution is 0.0701. The maximum atomic E-state index is 11.7. The van der Waals surface area contributed by atoms with Gasteiger partial charge >= 0.3 is 5.97 Å². The van der Waals surface area contributed by atoms with Gasteiger partial charge in [0.15, 0.2) is 16.6 Å². The fourth-order valence-electron chi connectivity index (χ4n) is 3.24. The molecule has 26 heavy (non-hydrogen) atoms. The first-order valence-electron chi connectivity index (χ1n) is 7.81. The Balaban J connectivity index is 1.62. The molecule has 2 N–H and O–H groups in total. The zero-order valence-electron chi connectivity index (χ0n) is 13.2. The normalized spacial score (nSPS) is 14.0. The number of ether oxygens (including phenoxy) is 3. The molecular formula is C17H11BrN2O5S. The van der Waals surface area contributed by atoms with Crippen LogP contribution in [0.5, 0.6) is 22.3 Å². The number of benzene rings is 1. The third kappa shape index (κ3) is 2.31. The molecule has 0 amide bonds. The number of carboxylic acid groups (broad SMARTS) is 1. The lowest BCUT2D eigenvalue weighted by atomic mass is 9.92. The molecule has 0 saturated heterocycles. The first-order chi connectivity index (χ1) is 12.6. The molecule has 0 atom stereocenters. The topological polar surface area (TPSA) is 93.7 Å². The van der Waals surface area contributed by atoms with Crippen LogP contribution in [0.3, 0.4) is 0 Å². The van der Waals surface area contributed by atoms with Crippen molar-refractivity contribution in [3.05, 3.63) is 38.8 Å². The van der Waals surface area contributed by atoms with Gasteiger partial charge in [-0.05, 0) is 46.5 Å². The molecule has 2 aromatic heterocycles. The largest absolute Gasteiger partial charge is 0.477 e. The summed E-state index contributed by atoms with van der Waals surface area (Å²) in [5.41, 5.74) is 3.28. The van der Waals surface area contributed by atoms with Gasteiger partial charge in [0, 0.05) is 11.6 Å². The van der Waals surface area contributed by atoms with Crippen LogP contribution in [0, 0.1) is 0 Å². The van der Waals surface area contributed by atoms with Gasteiger partial charge in [-0.1, -0.05) is 11.3 Å². The SMILES string of the molecule is O=C(O)c1sc(Oc2ccc3c(c2)OCO3)c2c1CCc1c-2n[nH]c1Br. The second kappa shape index (κ2) is 5.75. The molecule has 0 radical (unpaired) electrons. The van der Waals surface area contributed by atoms with Gasteiger partial charge in [-0.15, -0.1) is 0 Å². The van der Waals surface area contributed by atoms with Crippen molar-refractivity contribution < 1.29 is 24.1 Å². The number of nitrogens with zero attached hydrogens (tertiary/aromatic N) is 1. The summed E-state index contributed by atoms with van der Waals surface area (Å²) in [5.74, 6) is 0.867. The van der Waals surface area contributed by atoms with Crippen LogP contribution < -0.4 is 14.2 Å². The van der Waals surface area contributed by atoms with Crippen molar-refractivity contribution in [2.24, 2.45) is 0 Å². The number of nitrogens with one attached hydrogen (secondary N) is 1. The lowest BCUT2D eigenvalue weighted by Crippen LogP contribution is -2.06. The molecule has 1 aromatic carbocycles. The van der Waals surface area contributed by atoms with E-state index in [1.165, 1.54) is 0 Å². The van der Waals surface area contributed by atoms with Crippen molar-refractivity contribution in [1.29, 1.82) is 0 Å². The number of fused-ring (bicyclic) bond motifs is 4. The van der Waals surface area contributed by atoms with Crippen molar-refractivity contribution >= 4 is 33.2 Å². The molecule has 0 unspecified atom stereocenters. The van der Waals surface area contributed by atoms with Crippen LogP contribution in [0.15, 0.2) is 22.8 Å². The first-order valence-corrected chi connectivity index (χ1v) is 9.42. The highest BCUT2D eigenvalue weighted by Gasteiger charge is 2.32. The average Bonchev–Trinajstić information content (AvgIpc) is 3.32. The number of halogens is 1. The Morgan fingerprint density at radius 3 is 2.92 bits per heavy atom. The van der Waals surface area contributed by atoms with E-state index in [2.05, 4.69) is 26.1 Å². The van der Waals surface area contributed by atoms with Crippen LogP contribution in [0.4, 0.5) is 0 Å². The van der Waals surface area contributed by atoms with E-state index in [0.29, 0.717) is 33.6 Å². The Bertz CT molecular complexity index is 1060. The molecule has 132 valence electrons. The Kier molecular flexibility index (Phi) is 3.47. The molecular weight excluding hydrogens is 424 g/mol. The van der Waals surface area contributed by atoms with Gasteiger partial charge in [0.2, 0.25) is 6.79 Å². The summed E-state index contributed by atoms with van der Waals surface area (Å²) in [4.78, 5) is 12.0. The maximum absolute atomic E-state index is 11.7. The van der Waals surface area contributed by atoms with Crippen molar-refractivity contribution in [2.45, 2.75) is 12.8 Å². The number of thiophene rings is 1. The van der Waals surface area contributed by atoms with E-state index in [1.54, 1.807) is 18.2 Å². The zero-order valence-corrected chi connectivity index (χ0v) is 15.6. The molecule has 5 rings (SSSR count). The van der Waals surface area contributed by atoms with Gasteiger partial charge in [0.25, 0.3) is 0 Å². The monoisotopic (exact) mass is 434 g/mol. The van der Waals surface area contributed by atoms with Gasteiger partial charge in [0.05, 0.1) is 5.56 Å². The van der Waals surface area contributed by atoms with Crippen LogP contribution >= 0.6 is 27.3 Å². The minimum atomic E-state index is -0.954. The molecule has 0 fully saturated rings. The Morgan fingerprint density at radius 1 is 1.27 bits per heavy atom. The van der Waals surface area contributed by atoms with E-state index < -0.39 is 5.97 Å². The fraction of sp³-hybridized carbons (Fsp3) is 0.176. The number of carbonyl (C=O) groups is 1. The smallest absolute Gasteiger partial charge is 0.346 e. The van der Waals surface area contributed by atoms with E-state index in [4.69, 9.17) is 14.2 Å². The molecule has 3 heterocycles. The van der Waals surface area contributed by atoms with Gasteiger partial charge in [0.1, 0.15) is 20.9 Å². The van der Waals surface area contributed by atoms with Crippen molar-refractivity contribution in [1.82, 2.24) is 10.2 Å². The summed E-state index contributed by atoms with van der Waals surface area (Å²) < 4.78 is 17.5. The van der Waals surface area contributed by atoms with Crippen LogP contribution in [0.1, 0.15) is 20.8 Å². The minimum Gasteiger partial charge on any atom is -0.477 e. The van der Waals surface area contributed by atoms with E-state index in [1.807, 2.05) is 0 Å². The number of hydrogen-bond acceptors (Lipinski definition) is 6. The van der Waals surface area contributed by atoms with Crippen molar-refractivity contribution in [3.8, 4) is 33.6 Å². The molecule has 3 aromatic rings. The summed E-state index contributed by atoms with van der Waals surface area (Å²) in [6.45, 7) is 0.182. The third-order valence-corrected chi connectivity index (χ3v) is 6.16. The van der Waals surface area contributed by atoms with E-state index >= 15 is 0 Å². The summed E-state index contributed by atoms with van der Waals surface area (Å²) in [6, 6.07) is 5.27. The van der Waals surface area contributed by atoms with Gasteiger partial charge in [-0.3, -0.25) is 5.10 Å². The number of rotatable bonds is 3. The van der Waals surface area contributed by atoms with Crippen LogP contribution in [-0.4, -0.2) is 28.1 Å². The fourth-order valence-corrected chi connectivity index (χ4v) is 4.78. The molecule has 1 aliphatic heterocycles. The van der Waals surface area contributed by atoms with Gasteiger partial charge in [-0.25, -0.2) is 4.79 Å². The quantitative estimate of drug-likeness (QED) is 0.640. The summed E-state index contributed by atoms with van der Waals surface area (Å²) in [5, 5.41) is 17.4. The number of aromatic nitrogens is 2. The van der Waals surface area contributed by atoms with Crippen LogP contribution in [0.2, 0.25) is 0 Å². The van der Waals surface area contributed by atoms with Crippen molar-refractivity contribution in [3.63, 3.8) is 0 Å². The summed E-state index contributed by atoms with van der Waals surface area (Å²) in [7, 11) is 0. The number of H-pyrrole nitrogens is 1. The molecule has 2 aliphatic rings. The van der Waals surface area contributed by atoms with E-state index in [-0.39, 0.29) is 6.79 Å². The maximum Gasteiger partial charge on any atom is 0.346 e. The number of aromatic carboxylic acids is 1. The predicted molar refractivity (Wildman–Crippen MR) is 96.6 cm³/mol. The molecule has 7 nitrogen and oxygen atoms in total. The second-order valence-electron chi connectivity index (χ2n) is 5.86. The van der Waals surface area contributed by atoms with Gasteiger partial charge < -0.3 is 19.3 Å². The first kappa shape index (κ1) is 15.7. The molecule has 0 saturated carbocycles. The number of hydrogen-bond donors (Lipinski definition) is 2. The Morgan fingerprint density at radius 2 is 2.08 bits per heavy atom. The second-order valence-corrected chi connectivity index (χ2v) is 7.64. The highest BCUT2D eigenvalue weighted by molar-refractivity contribution is 9.10. The van der Waals surface area contributed by atoms with E-state index in [9.17, 15) is 9.90 Å². The summed E-state index contributed by atoms with van der Waals surface area (Å²) >= 11 is 4.58. The molecule has 9 heteroatoms. The highest BCUT2D eigenvalue weighted by Crippen LogP contribution is 2.49. The molecule has 1 aliphatic carbocycles. The average molecular weight is 435 g/mol. The number of carboxylic acids is 1. The Hall–Kier alpha value is -2.52. The minimum absolute atomic E-state index is 0.182.